The molecule has 0 spiro atoms. The number of hydrogen-bond donors (Lipinski definition) is 2. The van der Waals surface area contributed by atoms with E-state index in [1.54, 1.807) is 13.0 Å². The van der Waals surface area contributed by atoms with E-state index in [0.29, 0.717) is 13.1 Å². The zero-order valence-corrected chi connectivity index (χ0v) is 19.0. The first kappa shape index (κ1) is 22.2. The SMILES string of the molecule is CCN1C(=O)/C(=C/c2c(C)n(CC(=O)NCC3CCCO3)c3ccccc23)C(=O)NC1=S. The van der Waals surface area contributed by atoms with Crippen molar-refractivity contribution >= 4 is 52.0 Å². The summed E-state index contributed by atoms with van der Waals surface area (Å²) in [6, 6.07) is 7.63. The van der Waals surface area contributed by atoms with Crippen molar-refractivity contribution in [2.75, 3.05) is 19.7 Å². The van der Waals surface area contributed by atoms with Gasteiger partial charge in [-0.3, -0.25) is 24.6 Å². The van der Waals surface area contributed by atoms with Crippen LogP contribution in [0.4, 0.5) is 0 Å². The van der Waals surface area contributed by atoms with Gasteiger partial charge in [0.15, 0.2) is 5.11 Å². The third-order valence-corrected chi connectivity index (χ3v) is 6.25. The molecular weight excluding hydrogens is 428 g/mol. The molecule has 0 bridgehead atoms. The molecule has 2 saturated heterocycles. The molecule has 2 aliphatic heterocycles. The minimum Gasteiger partial charge on any atom is -0.376 e. The third-order valence-electron chi connectivity index (χ3n) is 5.92. The molecule has 0 aliphatic carbocycles. The van der Waals surface area contributed by atoms with Crippen molar-refractivity contribution in [1.82, 2.24) is 20.1 Å². The van der Waals surface area contributed by atoms with Crippen LogP contribution in [-0.4, -0.2) is 58.1 Å². The number of aromatic nitrogens is 1. The van der Waals surface area contributed by atoms with E-state index < -0.39 is 11.8 Å². The molecule has 3 heterocycles. The van der Waals surface area contributed by atoms with Crippen molar-refractivity contribution in [2.24, 2.45) is 0 Å². The zero-order valence-electron chi connectivity index (χ0n) is 18.1. The Balaban J connectivity index is 1.66. The molecule has 1 atom stereocenters. The number of ether oxygens (including phenoxy) is 1. The first-order valence-corrected chi connectivity index (χ1v) is 11.2. The molecule has 3 amide bonds. The van der Waals surface area contributed by atoms with Gasteiger partial charge in [-0.25, -0.2) is 0 Å². The standard InChI is InChI=1S/C23H26N4O4S/c1-3-26-22(30)18(21(29)25-23(26)32)11-17-14(2)27(19-9-5-4-8-16(17)19)13-20(28)24-12-15-7-6-10-31-15/h4-5,8-9,11,15H,3,6-7,10,12-13H2,1-2H3,(H,24,28)(H,25,29,32)/b18-11+. The topological polar surface area (TPSA) is 92.7 Å². The van der Waals surface area contributed by atoms with Crippen LogP contribution >= 0.6 is 12.2 Å². The Morgan fingerprint density at radius 1 is 1.34 bits per heavy atom. The molecule has 8 nitrogen and oxygen atoms in total. The maximum Gasteiger partial charge on any atom is 0.265 e. The number of carbonyl (C=O) groups is 3. The molecule has 4 rings (SSSR count). The Morgan fingerprint density at radius 3 is 2.84 bits per heavy atom. The van der Waals surface area contributed by atoms with Crippen LogP contribution in [0.25, 0.3) is 17.0 Å². The van der Waals surface area contributed by atoms with Crippen LogP contribution in [0.5, 0.6) is 0 Å². The fourth-order valence-corrected chi connectivity index (χ4v) is 4.51. The molecule has 2 aromatic rings. The maximum absolute atomic E-state index is 12.9. The van der Waals surface area contributed by atoms with Crippen LogP contribution in [0.15, 0.2) is 29.8 Å². The van der Waals surface area contributed by atoms with E-state index in [4.69, 9.17) is 17.0 Å². The highest BCUT2D eigenvalue weighted by Gasteiger charge is 2.33. The number of thiocarbonyl (C=S) groups is 1. The monoisotopic (exact) mass is 454 g/mol. The van der Waals surface area contributed by atoms with E-state index in [2.05, 4.69) is 10.6 Å². The Labute approximate surface area is 191 Å². The van der Waals surface area contributed by atoms with Gasteiger partial charge in [-0.2, -0.15) is 0 Å². The lowest BCUT2D eigenvalue weighted by molar-refractivity contribution is -0.128. The molecule has 2 N–H and O–H groups in total. The highest BCUT2D eigenvalue weighted by atomic mass is 32.1. The predicted octanol–water partition coefficient (Wildman–Crippen LogP) is 1.89. The lowest BCUT2D eigenvalue weighted by atomic mass is 10.0. The van der Waals surface area contributed by atoms with E-state index in [-0.39, 0.29) is 29.2 Å². The summed E-state index contributed by atoms with van der Waals surface area (Å²) in [5.41, 5.74) is 2.41. The summed E-state index contributed by atoms with van der Waals surface area (Å²) in [6.45, 7) is 5.41. The summed E-state index contributed by atoms with van der Waals surface area (Å²) in [5.74, 6) is -1.06. The Morgan fingerprint density at radius 2 is 2.12 bits per heavy atom. The molecule has 1 aromatic carbocycles. The number of likely N-dealkylation sites (N-methyl/N-ethyl adjacent to an activating group) is 1. The number of carbonyl (C=O) groups excluding carboxylic acids is 3. The molecule has 9 heteroatoms. The molecule has 2 fully saturated rings. The Kier molecular flexibility index (Phi) is 6.38. The molecule has 0 saturated carbocycles. The molecule has 168 valence electrons. The van der Waals surface area contributed by atoms with Crippen molar-refractivity contribution in [3.63, 3.8) is 0 Å². The van der Waals surface area contributed by atoms with Crippen LogP contribution in [-0.2, 0) is 25.7 Å². The molecule has 1 aromatic heterocycles. The maximum atomic E-state index is 12.9. The number of amides is 3. The summed E-state index contributed by atoms with van der Waals surface area (Å²) in [4.78, 5) is 39.4. The molecule has 0 radical (unpaired) electrons. The first-order chi connectivity index (χ1) is 15.4. The first-order valence-electron chi connectivity index (χ1n) is 10.8. The van der Waals surface area contributed by atoms with Gasteiger partial charge < -0.3 is 14.6 Å². The second-order valence-corrected chi connectivity index (χ2v) is 8.29. The molecular formula is C23H26N4O4S. The number of rotatable bonds is 6. The molecule has 2 aliphatic rings. The molecule has 32 heavy (non-hydrogen) atoms. The average Bonchev–Trinajstić information content (AvgIpc) is 3.37. The summed E-state index contributed by atoms with van der Waals surface area (Å²) in [6.07, 6.45) is 3.65. The highest BCUT2D eigenvalue weighted by Crippen LogP contribution is 2.29. The van der Waals surface area contributed by atoms with Gasteiger partial charge in [-0.05, 0) is 51.0 Å². The zero-order chi connectivity index (χ0) is 22.8. The fraction of sp³-hybridized carbons (Fsp3) is 0.391. The van der Waals surface area contributed by atoms with Gasteiger partial charge in [0.2, 0.25) is 5.91 Å². The van der Waals surface area contributed by atoms with Crippen molar-refractivity contribution in [3.8, 4) is 0 Å². The van der Waals surface area contributed by atoms with Gasteiger partial charge in [-0.1, -0.05) is 18.2 Å². The summed E-state index contributed by atoms with van der Waals surface area (Å²) >= 11 is 5.11. The van der Waals surface area contributed by atoms with Crippen LogP contribution in [0, 0.1) is 6.92 Å². The van der Waals surface area contributed by atoms with Crippen LogP contribution < -0.4 is 10.6 Å². The normalized spacial score (nSPS) is 20.3. The Hall–Kier alpha value is -3.04. The predicted molar refractivity (Wildman–Crippen MR) is 125 cm³/mol. The van der Waals surface area contributed by atoms with Gasteiger partial charge in [-0.15, -0.1) is 0 Å². The van der Waals surface area contributed by atoms with E-state index in [1.165, 1.54) is 4.90 Å². The second-order valence-electron chi connectivity index (χ2n) is 7.91. The lowest BCUT2D eigenvalue weighted by Gasteiger charge is -2.27. The second kappa shape index (κ2) is 9.22. The lowest BCUT2D eigenvalue weighted by Crippen LogP contribution is -2.53. The van der Waals surface area contributed by atoms with E-state index >= 15 is 0 Å². The van der Waals surface area contributed by atoms with Gasteiger partial charge in [0.05, 0.1) is 6.10 Å². The number of para-hydroxylation sites is 1. The van der Waals surface area contributed by atoms with Crippen molar-refractivity contribution in [1.29, 1.82) is 0 Å². The fourth-order valence-electron chi connectivity index (χ4n) is 4.20. The van der Waals surface area contributed by atoms with Gasteiger partial charge >= 0.3 is 0 Å². The average molecular weight is 455 g/mol. The van der Waals surface area contributed by atoms with E-state index in [9.17, 15) is 14.4 Å². The van der Waals surface area contributed by atoms with E-state index in [0.717, 1.165) is 41.6 Å². The van der Waals surface area contributed by atoms with Gasteiger partial charge in [0.25, 0.3) is 11.8 Å². The minimum atomic E-state index is -0.518. The number of hydrogen-bond acceptors (Lipinski definition) is 5. The molecule has 1 unspecified atom stereocenters. The smallest absolute Gasteiger partial charge is 0.265 e. The number of benzene rings is 1. The van der Waals surface area contributed by atoms with Crippen molar-refractivity contribution < 1.29 is 19.1 Å². The summed E-state index contributed by atoms with van der Waals surface area (Å²) in [5, 5.41) is 6.50. The third kappa shape index (κ3) is 4.18. The number of nitrogens with one attached hydrogen (secondary N) is 2. The highest BCUT2D eigenvalue weighted by molar-refractivity contribution is 7.80. The number of fused-ring (bicyclic) bond motifs is 1. The van der Waals surface area contributed by atoms with Crippen LogP contribution in [0.1, 0.15) is 31.0 Å². The quantitative estimate of drug-likeness (QED) is 0.395. The van der Waals surface area contributed by atoms with E-state index in [1.807, 2.05) is 35.8 Å². The van der Waals surface area contributed by atoms with Crippen molar-refractivity contribution in [2.45, 2.75) is 39.3 Å². The van der Waals surface area contributed by atoms with Crippen LogP contribution in [0.2, 0.25) is 0 Å². The summed E-state index contributed by atoms with van der Waals surface area (Å²) in [7, 11) is 0. The van der Waals surface area contributed by atoms with Gasteiger partial charge in [0, 0.05) is 41.9 Å². The Bertz CT molecular complexity index is 1130. The largest absolute Gasteiger partial charge is 0.376 e. The summed E-state index contributed by atoms with van der Waals surface area (Å²) < 4.78 is 7.47. The minimum absolute atomic E-state index is 0.0225. The number of nitrogens with zero attached hydrogens (tertiary/aromatic N) is 2. The van der Waals surface area contributed by atoms with Gasteiger partial charge in [0.1, 0.15) is 12.1 Å². The van der Waals surface area contributed by atoms with Crippen molar-refractivity contribution in [3.05, 3.63) is 41.1 Å². The van der Waals surface area contributed by atoms with Crippen LogP contribution in [0.3, 0.4) is 0 Å².